The number of carbonyl (C=O) groups is 2. The van der Waals surface area contributed by atoms with Gasteiger partial charge in [-0.1, -0.05) is 11.3 Å². The molecule has 2 heterocycles. The molecule has 0 aromatic carbocycles. The molecular weight excluding hydrogens is 268 g/mol. The Morgan fingerprint density at radius 3 is 2.63 bits per heavy atom. The topological polar surface area (TPSA) is 104 Å². The summed E-state index contributed by atoms with van der Waals surface area (Å²) in [7, 11) is 0. The number of rotatable bonds is 4. The minimum Gasteiger partial charge on any atom is -0.330 e. The molecule has 1 saturated heterocycles. The highest BCUT2D eigenvalue weighted by Crippen LogP contribution is 2.17. The van der Waals surface area contributed by atoms with Gasteiger partial charge in [-0.3, -0.25) is 15.0 Å². The number of nitrogens with one attached hydrogen (secondary N) is 1. The van der Waals surface area contributed by atoms with Crippen LogP contribution in [-0.2, 0) is 16.1 Å². The molecule has 0 bridgehead atoms. The van der Waals surface area contributed by atoms with Crippen LogP contribution < -0.4 is 11.3 Å². The molecule has 0 saturated carbocycles. The van der Waals surface area contributed by atoms with Gasteiger partial charge in [-0.05, 0) is 13.8 Å². The Bertz CT molecular complexity index is 488. The SMILES string of the molecule is CC(C)N1CCN(Cc2nnc(NN)s2)C(=O)C1=O. The largest absolute Gasteiger partial charge is 0.330 e. The van der Waals surface area contributed by atoms with E-state index in [9.17, 15) is 9.59 Å². The van der Waals surface area contributed by atoms with Crippen molar-refractivity contribution in [2.75, 3.05) is 18.5 Å². The molecule has 1 aliphatic rings. The summed E-state index contributed by atoms with van der Waals surface area (Å²) in [4.78, 5) is 26.9. The van der Waals surface area contributed by atoms with Crippen molar-refractivity contribution in [2.24, 2.45) is 5.84 Å². The van der Waals surface area contributed by atoms with Crippen molar-refractivity contribution in [3.8, 4) is 0 Å². The van der Waals surface area contributed by atoms with Gasteiger partial charge in [-0.15, -0.1) is 10.2 Å². The molecule has 2 amide bonds. The van der Waals surface area contributed by atoms with Crippen molar-refractivity contribution in [3.05, 3.63) is 5.01 Å². The minimum absolute atomic E-state index is 0.0353. The maximum atomic E-state index is 12.0. The van der Waals surface area contributed by atoms with Gasteiger partial charge in [0.15, 0.2) is 0 Å². The second-order valence-electron chi connectivity index (χ2n) is 4.46. The molecule has 1 aliphatic heterocycles. The summed E-state index contributed by atoms with van der Waals surface area (Å²) in [6.45, 7) is 5.13. The van der Waals surface area contributed by atoms with Crippen LogP contribution in [0.1, 0.15) is 18.9 Å². The number of anilines is 1. The predicted molar refractivity (Wildman–Crippen MR) is 70.0 cm³/mol. The number of hydrogen-bond donors (Lipinski definition) is 2. The van der Waals surface area contributed by atoms with Crippen LogP contribution in [0, 0.1) is 0 Å². The third kappa shape index (κ3) is 2.82. The Morgan fingerprint density at radius 2 is 2.05 bits per heavy atom. The van der Waals surface area contributed by atoms with E-state index in [4.69, 9.17) is 5.84 Å². The smallest absolute Gasteiger partial charge is 0.312 e. The minimum atomic E-state index is -0.489. The fraction of sp³-hybridized carbons (Fsp3) is 0.600. The number of nitrogens with zero attached hydrogens (tertiary/aromatic N) is 4. The van der Waals surface area contributed by atoms with Gasteiger partial charge >= 0.3 is 11.8 Å². The van der Waals surface area contributed by atoms with Gasteiger partial charge in [0.2, 0.25) is 5.13 Å². The van der Waals surface area contributed by atoms with E-state index < -0.39 is 11.8 Å². The lowest BCUT2D eigenvalue weighted by Gasteiger charge is -2.35. The van der Waals surface area contributed by atoms with E-state index in [1.165, 1.54) is 16.2 Å². The van der Waals surface area contributed by atoms with Crippen molar-refractivity contribution in [1.82, 2.24) is 20.0 Å². The standard InChI is InChI=1S/C10H16N6O2S/c1-6(2)16-4-3-15(8(17)9(16)18)5-7-13-14-10(12-11)19-7/h6H,3-5,11H2,1-2H3,(H,12,14). The Balaban J connectivity index is 2.03. The third-order valence-corrected chi connectivity index (χ3v) is 3.72. The van der Waals surface area contributed by atoms with Crippen LogP contribution in [-0.4, -0.2) is 50.9 Å². The maximum Gasteiger partial charge on any atom is 0.312 e. The van der Waals surface area contributed by atoms with E-state index in [1.54, 1.807) is 4.90 Å². The first kappa shape index (κ1) is 13.7. The van der Waals surface area contributed by atoms with E-state index in [1.807, 2.05) is 13.8 Å². The monoisotopic (exact) mass is 284 g/mol. The number of hydrogen-bond acceptors (Lipinski definition) is 7. The number of nitrogen functional groups attached to an aromatic ring is 1. The lowest BCUT2D eigenvalue weighted by Crippen LogP contribution is -2.55. The summed E-state index contributed by atoms with van der Waals surface area (Å²) in [5, 5.41) is 8.82. The first-order valence-corrected chi connectivity index (χ1v) is 6.73. The van der Waals surface area contributed by atoms with Gasteiger partial charge in [-0.25, -0.2) is 5.84 Å². The molecule has 0 spiro atoms. The first-order chi connectivity index (χ1) is 9.02. The summed E-state index contributed by atoms with van der Waals surface area (Å²) >= 11 is 1.26. The quantitative estimate of drug-likeness (QED) is 0.435. The molecule has 0 atom stereocenters. The average Bonchev–Trinajstić information content (AvgIpc) is 2.82. The Morgan fingerprint density at radius 1 is 1.32 bits per heavy atom. The molecule has 1 aromatic heterocycles. The molecule has 2 rings (SSSR count). The second-order valence-corrected chi connectivity index (χ2v) is 5.53. The first-order valence-electron chi connectivity index (χ1n) is 5.91. The van der Waals surface area contributed by atoms with Gasteiger partial charge in [0, 0.05) is 19.1 Å². The summed E-state index contributed by atoms with van der Waals surface area (Å²) < 4.78 is 0. The lowest BCUT2D eigenvalue weighted by atomic mass is 10.2. The predicted octanol–water partition coefficient (Wildman–Crippen LogP) is -0.597. The number of aromatic nitrogens is 2. The average molecular weight is 284 g/mol. The zero-order valence-electron chi connectivity index (χ0n) is 10.8. The van der Waals surface area contributed by atoms with Gasteiger partial charge in [-0.2, -0.15) is 0 Å². The molecule has 0 aliphatic carbocycles. The lowest BCUT2D eigenvalue weighted by molar-refractivity contribution is -0.157. The van der Waals surface area contributed by atoms with Crippen LogP contribution in [0.2, 0.25) is 0 Å². The van der Waals surface area contributed by atoms with Gasteiger partial charge in [0.1, 0.15) is 5.01 Å². The zero-order valence-corrected chi connectivity index (χ0v) is 11.6. The van der Waals surface area contributed by atoms with Crippen LogP contribution in [0.25, 0.3) is 0 Å². The number of nitrogens with two attached hydrogens (primary N) is 1. The molecule has 19 heavy (non-hydrogen) atoms. The van der Waals surface area contributed by atoms with Crippen molar-refractivity contribution in [3.63, 3.8) is 0 Å². The molecule has 1 fully saturated rings. The van der Waals surface area contributed by atoms with Gasteiger partial charge in [0.25, 0.3) is 0 Å². The van der Waals surface area contributed by atoms with Crippen LogP contribution in [0.3, 0.4) is 0 Å². The van der Waals surface area contributed by atoms with Gasteiger partial charge < -0.3 is 9.80 Å². The Hall–Kier alpha value is -1.74. The number of carbonyl (C=O) groups excluding carboxylic acids is 2. The van der Waals surface area contributed by atoms with Crippen molar-refractivity contribution in [1.29, 1.82) is 0 Å². The summed E-state index contributed by atoms with van der Waals surface area (Å²) in [5.41, 5.74) is 2.39. The summed E-state index contributed by atoms with van der Waals surface area (Å²) in [6, 6.07) is 0.0353. The molecule has 3 N–H and O–H groups in total. The van der Waals surface area contributed by atoms with E-state index in [0.29, 0.717) is 23.2 Å². The summed E-state index contributed by atoms with van der Waals surface area (Å²) in [6.07, 6.45) is 0. The van der Waals surface area contributed by atoms with E-state index in [2.05, 4.69) is 15.6 Å². The highest BCUT2D eigenvalue weighted by atomic mass is 32.1. The third-order valence-electron chi connectivity index (χ3n) is 2.88. The molecule has 8 nitrogen and oxygen atoms in total. The zero-order chi connectivity index (χ0) is 14.0. The normalized spacial score (nSPS) is 16.4. The van der Waals surface area contributed by atoms with Crippen LogP contribution in [0.15, 0.2) is 0 Å². The highest BCUT2D eigenvalue weighted by Gasteiger charge is 2.34. The van der Waals surface area contributed by atoms with Crippen molar-refractivity contribution >= 4 is 28.3 Å². The summed E-state index contributed by atoms with van der Waals surface area (Å²) in [5.74, 6) is 4.27. The van der Waals surface area contributed by atoms with Crippen LogP contribution in [0.5, 0.6) is 0 Å². The number of hydrazine groups is 1. The molecule has 0 radical (unpaired) electrons. The van der Waals surface area contributed by atoms with E-state index >= 15 is 0 Å². The van der Waals surface area contributed by atoms with Crippen LogP contribution in [0.4, 0.5) is 5.13 Å². The van der Waals surface area contributed by atoms with E-state index in [0.717, 1.165) is 0 Å². The highest BCUT2D eigenvalue weighted by molar-refractivity contribution is 7.15. The number of amides is 2. The maximum absolute atomic E-state index is 12.0. The molecule has 104 valence electrons. The molecular formula is C10H16N6O2S. The second kappa shape index (κ2) is 5.49. The molecule has 0 unspecified atom stereocenters. The Labute approximate surface area is 114 Å². The van der Waals surface area contributed by atoms with Crippen LogP contribution >= 0.6 is 11.3 Å². The Kier molecular flexibility index (Phi) is 3.96. The van der Waals surface area contributed by atoms with Crippen molar-refractivity contribution < 1.29 is 9.59 Å². The molecule has 9 heteroatoms. The fourth-order valence-corrected chi connectivity index (χ4v) is 2.54. The van der Waals surface area contributed by atoms with Crippen molar-refractivity contribution in [2.45, 2.75) is 26.4 Å². The molecule has 1 aromatic rings. The van der Waals surface area contributed by atoms with E-state index in [-0.39, 0.29) is 12.6 Å². The van der Waals surface area contributed by atoms with Gasteiger partial charge in [0.05, 0.1) is 6.54 Å². The number of piperazine rings is 1. The fourth-order valence-electron chi connectivity index (χ4n) is 1.87.